The highest BCUT2D eigenvalue weighted by atomic mass is 16.2. The van der Waals surface area contributed by atoms with E-state index in [1.54, 1.807) is 6.33 Å². The molecule has 6 heteroatoms. The molecule has 0 unspecified atom stereocenters. The molecule has 4 rings (SSSR count). The van der Waals surface area contributed by atoms with Crippen molar-refractivity contribution in [1.82, 2.24) is 15.3 Å². The van der Waals surface area contributed by atoms with Gasteiger partial charge in [-0.3, -0.25) is 0 Å². The maximum absolute atomic E-state index is 12.2. The molecule has 2 heterocycles. The number of nitrogens with zero attached hydrogens (tertiary/aromatic N) is 2. The third-order valence-corrected chi connectivity index (χ3v) is 5.26. The first-order chi connectivity index (χ1) is 14.3. The van der Waals surface area contributed by atoms with E-state index in [9.17, 15) is 4.79 Å². The Morgan fingerprint density at radius 1 is 1.14 bits per heavy atom. The molecule has 0 bridgehead atoms. The van der Waals surface area contributed by atoms with Crippen LogP contribution >= 0.6 is 0 Å². The molecule has 2 amide bonds. The van der Waals surface area contributed by atoms with Crippen molar-refractivity contribution >= 4 is 17.4 Å². The molecule has 0 spiro atoms. The Hall–Kier alpha value is -3.28. The number of imidazole rings is 1. The van der Waals surface area contributed by atoms with Crippen LogP contribution in [0.2, 0.25) is 0 Å². The number of nitrogens with one attached hydrogen (secondary N) is 3. The third-order valence-electron chi connectivity index (χ3n) is 5.26. The number of benzene rings is 2. The lowest BCUT2D eigenvalue weighted by atomic mass is 10.1. The summed E-state index contributed by atoms with van der Waals surface area (Å²) in [5.41, 5.74) is 5.67. The van der Waals surface area contributed by atoms with E-state index in [1.807, 2.05) is 18.3 Å². The Morgan fingerprint density at radius 3 is 2.86 bits per heavy atom. The highest BCUT2D eigenvalue weighted by molar-refractivity contribution is 5.90. The summed E-state index contributed by atoms with van der Waals surface area (Å²) in [6, 6.07) is 16.4. The van der Waals surface area contributed by atoms with Gasteiger partial charge >= 0.3 is 6.03 Å². The molecular weight excluding hydrogens is 362 g/mol. The third kappa shape index (κ3) is 5.16. The van der Waals surface area contributed by atoms with Gasteiger partial charge in [-0.25, -0.2) is 9.78 Å². The van der Waals surface area contributed by atoms with Crippen LogP contribution in [0.5, 0.6) is 0 Å². The van der Waals surface area contributed by atoms with Gasteiger partial charge in [0.25, 0.3) is 0 Å². The fourth-order valence-corrected chi connectivity index (χ4v) is 3.74. The maximum atomic E-state index is 12.2. The van der Waals surface area contributed by atoms with Crippen molar-refractivity contribution in [2.24, 2.45) is 0 Å². The first kappa shape index (κ1) is 19.1. The number of aromatic nitrogens is 2. The molecule has 3 N–H and O–H groups in total. The van der Waals surface area contributed by atoms with Gasteiger partial charge in [0, 0.05) is 30.7 Å². The first-order valence-electron chi connectivity index (χ1n) is 10.2. The monoisotopic (exact) mass is 389 g/mol. The minimum Gasteiger partial charge on any atom is -0.365 e. The Balaban J connectivity index is 1.23. The van der Waals surface area contributed by atoms with Gasteiger partial charge in [-0.2, -0.15) is 0 Å². The van der Waals surface area contributed by atoms with Gasteiger partial charge < -0.3 is 20.5 Å². The number of rotatable bonds is 8. The van der Waals surface area contributed by atoms with E-state index >= 15 is 0 Å². The first-order valence-corrected chi connectivity index (χ1v) is 10.2. The van der Waals surface area contributed by atoms with Gasteiger partial charge in [0.1, 0.15) is 0 Å². The smallest absolute Gasteiger partial charge is 0.319 e. The summed E-state index contributed by atoms with van der Waals surface area (Å²) in [4.78, 5) is 21.9. The second-order valence-electron chi connectivity index (χ2n) is 7.40. The van der Waals surface area contributed by atoms with Crippen LogP contribution in [0.25, 0.3) is 0 Å². The predicted molar refractivity (Wildman–Crippen MR) is 116 cm³/mol. The van der Waals surface area contributed by atoms with E-state index in [-0.39, 0.29) is 6.03 Å². The lowest BCUT2D eigenvalue weighted by Gasteiger charge is -2.19. The van der Waals surface area contributed by atoms with Crippen molar-refractivity contribution in [3.63, 3.8) is 0 Å². The molecule has 1 aromatic heterocycles. The molecular formula is C23H27N5O. The molecule has 0 saturated carbocycles. The van der Waals surface area contributed by atoms with Crippen LogP contribution in [0, 0.1) is 0 Å². The highest BCUT2D eigenvalue weighted by Crippen LogP contribution is 2.31. The predicted octanol–water partition coefficient (Wildman–Crippen LogP) is 4.12. The Labute approximate surface area is 171 Å². The topological polar surface area (TPSA) is 73.1 Å². The van der Waals surface area contributed by atoms with Crippen molar-refractivity contribution < 1.29 is 4.79 Å². The average Bonchev–Trinajstić information content (AvgIpc) is 3.39. The van der Waals surface area contributed by atoms with E-state index in [1.165, 1.54) is 16.8 Å². The number of unbranched alkanes of at least 4 members (excludes halogenated alkanes) is 1. The van der Waals surface area contributed by atoms with E-state index in [4.69, 9.17) is 0 Å². The quantitative estimate of drug-likeness (QED) is 0.508. The molecule has 0 radical (unpaired) electrons. The zero-order valence-corrected chi connectivity index (χ0v) is 16.5. The lowest BCUT2D eigenvalue weighted by molar-refractivity contribution is 0.252. The van der Waals surface area contributed by atoms with E-state index in [2.05, 4.69) is 61.9 Å². The van der Waals surface area contributed by atoms with Gasteiger partial charge in [-0.1, -0.05) is 36.4 Å². The van der Waals surface area contributed by atoms with Crippen LogP contribution in [0.4, 0.5) is 16.2 Å². The van der Waals surface area contributed by atoms with Crippen molar-refractivity contribution in [2.75, 3.05) is 23.3 Å². The van der Waals surface area contributed by atoms with Crippen molar-refractivity contribution in [1.29, 1.82) is 0 Å². The van der Waals surface area contributed by atoms with Gasteiger partial charge in [0.05, 0.1) is 18.6 Å². The number of aromatic amines is 1. The summed E-state index contributed by atoms with van der Waals surface area (Å²) in [6.45, 7) is 2.42. The fourth-order valence-electron chi connectivity index (χ4n) is 3.74. The summed E-state index contributed by atoms with van der Waals surface area (Å²) in [5, 5.41) is 5.92. The number of hydrogen-bond donors (Lipinski definition) is 3. The number of fused-ring (bicyclic) bond motifs is 1. The molecule has 0 saturated heterocycles. The van der Waals surface area contributed by atoms with Gasteiger partial charge in [0.2, 0.25) is 0 Å². The fraction of sp³-hybridized carbons (Fsp3) is 0.304. The van der Waals surface area contributed by atoms with Gasteiger partial charge in [-0.05, 0) is 48.9 Å². The highest BCUT2D eigenvalue weighted by Gasteiger charge is 2.20. The second-order valence-corrected chi connectivity index (χ2v) is 7.40. The Morgan fingerprint density at radius 2 is 2.03 bits per heavy atom. The van der Waals surface area contributed by atoms with E-state index in [0.717, 1.165) is 50.2 Å². The number of carbonyl (C=O) groups is 1. The summed E-state index contributed by atoms with van der Waals surface area (Å²) in [6.07, 6.45) is 7.71. The molecule has 6 nitrogen and oxygen atoms in total. The molecule has 2 aromatic carbocycles. The van der Waals surface area contributed by atoms with Crippen LogP contribution in [0.15, 0.2) is 61.1 Å². The number of amides is 2. The largest absolute Gasteiger partial charge is 0.365 e. The molecule has 1 aliphatic rings. The number of urea groups is 1. The summed E-state index contributed by atoms with van der Waals surface area (Å²) in [7, 11) is 0. The molecule has 0 atom stereocenters. The van der Waals surface area contributed by atoms with Crippen LogP contribution < -0.4 is 15.5 Å². The minimum absolute atomic E-state index is 0.151. The van der Waals surface area contributed by atoms with Crippen molar-refractivity contribution in [2.45, 2.75) is 32.2 Å². The van der Waals surface area contributed by atoms with Crippen LogP contribution in [-0.4, -0.2) is 29.1 Å². The van der Waals surface area contributed by atoms with Crippen molar-refractivity contribution in [3.8, 4) is 0 Å². The van der Waals surface area contributed by atoms with E-state index < -0.39 is 0 Å². The summed E-state index contributed by atoms with van der Waals surface area (Å²) < 4.78 is 0. The number of H-pyrrole nitrogens is 1. The minimum atomic E-state index is -0.151. The molecule has 3 aromatic rings. The number of hydrogen-bond acceptors (Lipinski definition) is 3. The van der Waals surface area contributed by atoms with Crippen LogP contribution in [0.1, 0.15) is 29.7 Å². The summed E-state index contributed by atoms with van der Waals surface area (Å²) >= 11 is 0. The zero-order chi connectivity index (χ0) is 19.9. The van der Waals surface area contributed by atoms with E-state index in [0.29, 0.717) is 6.54 Å². The van der Waals surface area contributed by atoms with Gasteiger partial charge in [-0.15, -0.1) is 0 Å². The normalized spacial score (nSPS) is 12.6. The molecule has 0 aliphatic carbocycles. The average molecular weight is 390 g/mol. The van der Waals surface area contributed by atoms with Crippen LogP contribution in [0.3, 0.4) is 0 Å². The second kappa shape index (κ2) is 9.28. The molecule has 150 valence electrons. The Bertz CT molecular complexity index is 924. The summed E-state index contributed by atoms with van der Waals surface area (Å²) in [5.74, 6) is 0. The standard InChI is InChI=1S/C23H27N5O/c29-23(25-12-5-4-8-18-6-2-1-3-7-18)27-20-10-9-19-11-13-28(22(19)14-20)16-21-15-24-17-26-21/h1-3,6-7,9-10,14-15,17H,4-5,8,11-13,16H2,(H,24,26)(H2,25,27,29). The number of anilines is 2. The lowest BCUT2D eigenvalue weighted by Crippen LogP contribution is -2.29. The number of carbonyl (C=O) groups excluding carboxylic acids is 1. The maximum Gasteiger partial charge on any atom is 0.319 e. The molecule has 29 heavy (non-hydrogen) atoms. The zero-order valence-electron chi connectivity index (χ0n) is 16.5. The van der Waals surface area contributed by atoms with Gasteiger partial charge in [0.15, 0.2) is 0 Å². The Kier molecular flexibility index (Phi) is 6.10. The van der Waals surface area contributed by atoms with Crippen molar-refractivity contribution in [3.05, 3.63) is 77.9 Å². The molecule has 0 fully saturated rings. The van der Waals surface area contributed by atoms with Crippen LogP contribution in [-0.2, 0) is 19.4 Å². The SMILES string of the molecule is O=C(NCCCCc1ccccc1)Nc1ccc2c(c1)N(Cc1c[nH]cn1)CC2. The molecule has 1 aliphatic heterocycles. The number of aryl methyl sites for hydroxylation is 1.